The van der Waals surface area contributed by atoms with Gasteiger partial charge < -0.3 is 24.6 Å². The van der Waals surface area contributed by atoms with Crippen molar-refractivity contribution in [2.45, 2.75) is 19.0 Å². The molecule has 1 saturated heterocycles. The lowest BCUT2D eigenvalue weighted by atomic mass is 10.1. The molecule has 2 heterocycles. The fourth-order valence-corrected chi connectivity index (χ4v) is 2.66. The maximum absolute atomic E-state index is 11.2. The van der Waals surface area contributed by atoms with E-state index in [0.717, 1.165) is 25.1 Å². The Morgan fingerprint density at radius 1 is 1.48 bits per heavy atom. The van der Waals surface area contributed by atoms with Gasteiger partial charge in [-0.1, -0.05) is 0 Å². The van der Waals surface area contributed by atoms with Crippen LogP contribution < -0.4 is 14.8 Å². The average Bonchev–Trinajstić information content (AvgIpc) is 3.08. The number of phenolic OH excluding ortho intramolecular Hbond substituents is 1. The Hall–Kier alpha value is -2.15. The van der Waals surface area contributed by atoms with E-state index < -0.39 is 6.09 Å². The van der Waals surface area contributed by atoms with Gasteiger partial charge in [-0.25, -0.2) is 4.79 Å². The molecule has 0 spiro atoms. The van der Waals surface area contributed by atoms with Crippen molar-refractivity contribution in [3.05, 3.63) is 17.7 Å². The van der Waals surface area contributed by atoms with E-state index in [0.29, 0.717) is 18.0 Å². The van der Waals surface area contributed by atoms with Crippen LogP contribution in [-0.2, 0) is 11.3 Å². The molecular formula is C14H18N2O5. The van der Waals surface area contributed by atoms with Gasteiger partial charge in [0.1, 0.15) is 5.75 Å². The van der Waals surface area contributed by atoms with Crippen LogP contribution in [0.1, 0.15) is 12.0 Å². The molecule has 2 aliphatic rings. The normalized spacial score (nSPS) is 20.5. The van der Waals surface area contributed by atoms with Crippen LogP contribution in [-0.4, -0.2) is 49.1 Å². The molecule has 1 amide bonds. The molecule has 7 nitrogen and oxygen atoms in total. The summed E-state index contributed by atoms with van der Waals surface area (Å²) < 4.78 is 15.1. The molecule has 0 bridgehead atoms. The van der Waals surface area contributed by atoms with Gasteiger partial charge in [-0.15, -0.1) is 0 Å². The first kappa shape index (κ1) is 13.8. The Morgan fingerprint density at radius 2 is 2.24 bits per heavy atom. The minimum Gasteiger partial charge on any atom is -0.507 e. The van der Waals surface area contributed by atoms with Gasteiger partial charge in [0, 0.05) is 37.3 Å². The van der Waals surface area contributed by atoms with Gasteiger partial charge in [0.05, 0.1) is 7.11 Å². The lowest BCUT2D eigenvalue weighted by Crippen LogP contribution is -2.36. The maximum atomic E-state index is 11.2. The molecule has 1 unspecified atom stereocenters. The number of carbonyl (C=O) groups excluding carboxylic acids is 1. The van der Waals surface area contributed by atoms with Crippen molar-refractivity contribution >= 4 is 6.09 Å². The quantitative estimate of drug-likeness (QED) is 0.867. The fourth-order valence-electron chi connectivity index (χ4n) is 2.66. The number of carbonyl (C=O) groups is 1. The molecule has 1 aromatic carbocycles. The van der Waals surface area contributed by atoms with E-state index in [1.807, 2.05) is 0 Å². The number of aromatic hydroxyl groups is 1. The maximum Gasteiger partial charge on any atom is 0.407 e. The highest BCUT2D eigenvalue weighted by Gasteiger charge is 2.25. The number of amides is 1. The Kier molecular flexibility index (Phi) is 3.74. The first-order valence-corrected chi connectivity index (χ1v) is 6.84. The second-order valence-electron chi connectivity index (χ2n) is 5.19. The lowest BCUT2D eigenvalue weighted by Gasteiger charge is -2.17. The highest BCUT2D eigenvalue weighted by Crippen LogP contribution is 2.38. The highest BCUT2D eigenvalue weighted by atomic mass is 16.7. The van der Waals surface area contributed by atoms with Crippen LogP contribution in [0, 0.1) is 0 Å². The minimum atomic E-state index is -0.409. The molecule has 0 aromatic heterocycles. The van der Waals surface area contributed by atoms with Crippen molar-refractivity contribution < 1.29 is 24.1 Å². The Morgan fingerprint density at radius 3 is 3.00 bits per heavy atom. The van der Waals surface area contributed by atoms with Gasteiger partial charge in [0.25, 0.3) is 0 Å². The number of ether oxygens (including phenoxy) is 3. The molecule has 0 aliphatic carbocycles. The summed E-state index contributed by atoms with van der Waals surface area (Å²) in [6.45, 7) is 2.36. The number of likely N-dealkylation sites (tertiary alicyclic amines) is 1. The molecule has 0 radical (unpaired) electrons. The third-order valence-electron chi connectivity index (χ3n) is 3.75. The van der Waals surface area contributed by atoms with Crippen LogP contribution in [0.15, 0.2) is 12.1 Å². The third kappa shape index (κ3) is 2.97. The van der Waals surface area contributed by atoms with E-state index in [2.05, 4.69) is 15.0 Å². The average molecular weight is 294 g/mol. The molecule has 3 rings (SSSR count). The lowest BCUT2D eigenvalue weighted by molar-refractivity contribution is 0.166. The number of hydrogen-bond acceptors (Lipinski definition) is 6. The molecular weight excluding hydrogens is 276 g/mol. The highest BCUT2D eigenvalue weighted by molar-refractivity contribution is 5.67. The molecule has 2 aliphatic heterocycles. The van der Waals surface area contributed by atoms with E-state index in [1.54, 1.807) is 12.1 Å². The number of nitrogens with zero attached hydrogens (tertiary/aromatic N) is 1. The van der Waals surface area contributed by atoms with Crippen LogP contribution in [0.5, 0.6) is 17.2 Å². The molecule has 114 valence electrons. The number of fused-ring (bicyclic) bond motifs is 1. The van der Waals surface area contributed by atoms with Gasteiger partial charge in [-0.3, -0.25) is 4.90 Å². The summed E-state index contributed by atoms with van der Waals surface area (Å²) in [5, 5.41) is 12.8. The molecule has 2 N–H and O–H groups in total. The smallest absolute Gasteiger partial charge is 0.407 e. The second kappa shape index (κ2) is 5.69. The molecule has 1 atom stereocenters. The summed E-state index contributed by atoms with van der Waals surface area (Å²) in [4.78, 5) is 13.4. The summed E-state index contributed by atoms with van der Waals surface area (Å²) in [6.07, 6.45) is 0.452. The summed E-state index contributed by atoms with van der Waals surface area (Å²) in [5.74, 6) is 1.43. The van der Waals surface area contributed by atoms with Gasteiger partial charge in [0.2, 0.25) is 6.79 Å². The van der Waals surface area contributed by atoms with Crippen molar-refractivity contribution in [1.29, 1.82) is 0 Å². The Bertz CT molecular complexity index is 548. The van der Waals surface area contributed by atoms with E-state index in [9.17, 15) is 9.90 Å². The number of methoxy groups -OCH3 is 1. The number of hydrogen-bond donors (Lipinski definition) is 2. The molecule has 0 saturated carbocycles. The largest absolute Gasteiger partial charge is 0.507 e. The van der Waals surface area contributed by atoms with Crippen molar-refractivity contribution in [3.63, 3.8) is 0 Å². The van der Waals surface area contributed by atoms with E-state index in [1.165, 1.54) is 7.11 Å². The topological polar surface area (TPSA) is 80.3 Å². The Balaban J connectivity index is 1.62. The van der Waals surface area contributed by atoms with E-state index >= 15 is 0 Å². The zero-order valence-corrected chi connectivity index (χ0v) is 11.8. The van der Waals surface area contributed by atoms with Crippen molar-refractivity contribution in [2.24, 2.45) is 0 Å². The standard InChI is InChI=1S/C14H18N2O5/c1-19-14(18)15-10-2-3-16(7-10)6-9-4-12-13(5-11(9)17)21-8-20-12/h4-5,10,17H,2-3,6-8H2,1H3,(H,15,18). The van der Waals surface area contributed by atoms with Crippen LogP contribution in [0.3, 0.4) is 0 Å². The van der Waals surface area contributed by atoms with Gasteiger partial charge in [-0.05, 0) is 12.5 Å². The third-order valence-corrected chi connectivity index (χ3v) is 3.75. The molecule has 1 fully saturated rings. The number of rotatable bonds is 3. The zero-order chi connectivity index (χ0) is 14.8. The SMILES string of the molecule is COC(=O)NC1CCN(Cc2cc3c(cc2O)OCO3)C1. The second-order valence-corrected chi connectivity index (χ2v) is 5.19. The van der Waals surface area contributed by atoms with E-state index in [4.69, 9.17) is 9.47 Å². The van der Waals surface area contributed by atoms with E-state index in [-0.39, 0.29) is 18.6 Å². The Labute approximate surface area is 122 Å². The van der Waals surface area contributed by atoms with Crippen LogP contribution in [0.2, 0.25) is 0 Å². The molecule has 21 heavy (non-hydrogen) atoms. The van der Waals surface area contributed by atoms with Gasteiger partial charge in [-0.2, -0.15) is 0 Å². The van der Waals surface area contributed by atoms with Crippen LogP contribution >= 0.6 is 0 Å². The predicted octanol–water partition coefficient (Wildman–Crippen LogP) is 1.05. The number of alkyl carbamates (subject to hydrolysis) is 1. The summed E-state index contributed by atoms with van der Waals surface area (Å²) in [6, 6.07) is 3.46. The monoisotopic (exact) mass is 294 g/mol. The molecule has 7 heteroatoms. The van der Waals surface area contributed by atoms with Crippen molar-refractivity contribution in [1.82, 2.24) is 10.2 Å². The number of nitrogens with one attached hydrogen (secondary N) is 1. The zero-order valence-electron chi connectivity index (χ0n) is 11.8. The van der Waals surface area contributed by atoms with Gasteiger partial charge in [0.15, 0.2) is 11.5 Å². The van der Waals surface area contributed by atoms with Crippen LogP contribution in [0.4, 0.5) is 4.79 Å². The first-order valence-electron chi connectivity index (χ1n) is 6.84. The fraction of sp³-hybridized carbons (Fsp3) is 0.500. The molecule has 1 aromatic rings. The first-order chi connectivity index (χ1) is 10.2. The predicted molar refractivity (Wildman–Crippen MR) is 73.5 cm³/mol. The summed E-state index contributed by atoms with van der Waals surface area (Å²) in [5.41, 5.74) is 0.790. The van der Waals surface area contributed by atoms with Crippen LogP contribution in [0.25, 0.3) is 0 Å². The minimum absolute atomic E-state index is 0.0774. The summed E-state index contributed by atoms with van der Waals surface area (Å²) in [7, 11) is 1.35. The van der Waals surface area contributed by atoms with Crippen molar-refractivity contribution in [3.8, 4) is 17.2 Å². The summed E-state index contributed by atoms with van der Waals surface area (Å²) >= 11 is 0. The number of benzene rings is 1. The van der Waals surface area contributed by atoms with Crippen molar-refractivity contribution in [2.75, 3.05) is 27.0 Å². The number of phenols is 1. The van der Waals surface area contributed by atoms with Gasteiger partial charge >= 0.3 is 6.09 Å².